The molecule has 2 rings (SSSR count). The number of aryl methyl sites for hydroxylation is 2. The Morgan fingerprint density at radius 2 is 1.69 bits per heavy atom. The van der Waals surface area contributed by atoms with E-state index >= 15 is 0 Å². The molecular weight excluding hydrogens is 362 g/mol. The molecule has 0 aliphatic heterocycles. The molecule has 138 valence electrons. The van der Waals surface area contributed by atoms with Crippen molar-refractivity contribution in [2.75, 3.05) is 6.61 Å². The van der Waals surface area contributed by atoms with Gasteiger partial charge in [-0.1, -0.05) is 6.07 Å². The summed E-state index contributed by atoms with van der Waals surface area (Å²) in [6.07, 6.45) is 0. The van der Waals surface area contributed by atoms with Crippen LogP contribution >= 0.6 is 0 Å². The lowest BCUT2D eigenvalue weighted by atomic mass is 10.1. The summed E-state index contributed by atoms with van der Waals surface area (Å²) in [7, 11) is -4.05. The number of sulfonamides is 1. The number of hydrazine groups is 1. The summed E-state index contributed by atoms with van der Waals surface area (Å²) in [5, 5.41) is 10.6. The molecular formula is C16H17N3O6S. The lowest BCUT2D eigenvalue weighted by Crippen LogP contribution is -2.43. The van der Waals surface area contributed by atoms with Gasteiger partial charge in [-0.15, -0.1) is 4.83 Å². The Bertz CT molecular complexity index is 905. The van der Waals surface area contributed by atoms with Crippen molar-refractivity contribution in [3.8, 4) is 5.75 Å². The van der Waals surface area contributed by atoms with Crippen molar-refractivity contribution < 1.29 is 22.9 Å². The average Bonchev–Trinajstić information content (AvgIpc) is 2.57. The van der Waals surface area contributed by atoms with Gasteiger partial charge in [0.05, 0.1) is 9.82 Å². The number of non-ortho nitro benzene ring substituents is 1. The van der Waals surface area contributed by atoms with E-state index in [0.29, 0.717) is 5.75 Å². The van der Waals surface area contributed by atoms with Crippen LogP contribution in [0.25, 0.3) is 0 Å². The van der Waals surface area contributed by atoms with Gasteiger partial charge in [0.1, 0.15) is 5.75 Å². The van der Waals surface area contributed by atoms with Crippen molar-refractivity contribution in [1.82, 2.24) is 10.3 Å². The number of rotatable bonds is 7. The van der Waals surface area contributed by atoms with Crippen LogP contribution in [0.4, 0.5) is 5.69 Å². The zero-order valence-electron chi connectivity index (χ0n) is 14.1. The minimum absolute atomic E-state index is 0.223. The van der Waals surface area contributed by atoms with Gasteiger partial charge in [0.15, 0.2) is 6.61 Å². The Labute approximate surface area is 150 Å². The number of benzene rings is 2. The molecule has 0 aliphatic rings. The van der Waals surface area contributed by atoms with Crippen molar-refractivity contribution in [3.05, 3.63) is 63.7 Å². The first-order valence-corrected chi connectivity index (χ1v) is 8.92. The fourth-order valence-electron chi connectivity index (χ4n) is 2.13. The molecule has 0 unspecified atom stereocenters. The summed E-state index contributed by atoms with van der Waals surface area (Å²) in [5.74, 6) is -0.203. The predicted octanol–water partition coefficient (Wildman–Crippen LogP) is 1.60. The predicted molar refractivity (Wildman–Crippen MR) is 93.0 cm³/mol. The van der Waals surface area contributed by atoms with E-state index in [9.17, 15) is 23.3 Å². The highest BCUT2D eigenvalue weighted by Gasteiger charge is 2.17. The van der Waals surface area contributed by atoms with Crippen LogP contribution < -0.4 is 15.0 Å². The molecule has 0 spiro atoms. The fourth-order valence-corrected chi connectivity index (χ4v) is 2.99. The zero-order chi connectivity index (χ0) is 19.3. The highest BCUT2D eigenvalue weighted by molar-refractivity contribution is 7.89. The maximum Gasteiger partial charge on any atom is 0.272 e. The number of amides is 1. The number of carbonyl (C=O) groups is 1. The molecule has 0 aromatic heterocycles. The molecule has 2 N–H and O–H groups in total. The van der Waals surface area contributed by atoms with Crippen LogP contribution in [0, 0.1) is 24.0 Å². The van der Waals surface area contributed by atoms with E-state index in [1.54, 1.807) is 12.1 Å². The molecule has 0 atom stereocenters. The SMILES string of the molecule is Cc1cc(C)cc(OCC(=O)NNS(=O)(=O)c2ccc([N+](=O)[O-])cc2)c1. The number of carbonyl (C=O) groups excluding carboxylic acids is 1. The highest BCUT2D eigenvalue weighted by Crippen LogP contribution is 2.16. The van der Waals surface area contributed by atoms with E-state index in [1.165, 1.54) is 0 Å². The molecule has 0 fully saturated rings. The van der Waals surface area contributed by atoms with Gasteiger partial charge in [-0.05, 0) is 49.2 Å². The first-order chi connectivity index (χ1) is 12.2. The van der Waals surface area contributed by atoms with Crippen LogP contribution in [0.1, 0.15) is 11.1 Å². The number of hydrogen-bond acceptors (Lipinski definition) is 6. The molecule has 0 saturated heterocycles. The molecule has 1 amide bonds. The largest absolute Gasteiger partial charge is 0.484 e. The quantitative estimate of drug-likeness (QED) is 0.555. The molecule has 26 heavy (non-hydrogen) atoms. The second-order valence-corrected chi connectivity index (χ2v) is 7.20. The number of nitro benzene ring substituents is 1. The standard InChI is InChI=1S/C16H17N3O6S/c1-11-7-12(2)9-14(8-11)25-10-16(20)17-18-26(23,24)15-5-3-13(4-6-15)19(21)22/h3-9,18H,10H2,1-2H3,(H,17,20). The number of nitro groups is 1. The molecule has 0 bridgehead atoms. The molecule has 0 saturated carbocycles. The van der Waals surface area contributed by atoms with E-state index in [4.69, 9.17) is 4.74 Å². The lowest BCUT2D eigenvalue weighted by molar-refractivity contribution is -0.384. The van der Waals surface area contributed by atoms with Gasteiger partial charge in [-0.25, -0.2) is 8.42 Å². The van der Waals surface area contributed by atoms with Crippen LogP contribution in [-0.4, -0.2) is 25.9 Å². The number of ether oxygens (including phenoxy) is 1. The van der Waals surface area contributed by atoms with Gasteiger partial charge in [0.2, 0.25) is 0 Å². The minimum Gasteiger partial charge on any atom is -0.484 e. The number of nitrogens with zero attached hydrogens (tertiary/aromatic N) is 1. The normalized spacial score (nSPS) is 11.0. The van der Waals surface area contributed by atoms with Gasteiger partial charge in [-0.3, -0.25) is 20.3 Å². The van der Waals surface area contributed by atoms with Gasteiger partial charge < -0.3 is 4.74 Å². The molecule has 0 aliphatic carbocycles. The molecule has 0 radical (unpaired) electrons. The van der Waals surface area contributed by atoms with E-state index in [-0.39, 0.29) is 17.2 Å². The number of nitrogens with one attached hydrogen (secondary N) is 2. The minimum atomic E-state index is -4.05. The van der Waals surface area contributed by atoms with Crippen molar-refractivity contribution in [2.45, 2.75) is 18.7 Å². The summed E-state index contributed by atoms with van der Waals surface area (Å²) in [4.78, 5) is 23.4. The fraction of sp³-hybridized carbons (Fsp3) is 0.188. The third-order valence-corrected chi connectivity index (χ3v) is 4.51. The zero-order valence-corrected chi connectivity index (χ0v) is 14.9. The van der Waals surface area contributed by atoms with Gasteiger partial charge in [-0.2, -0.15) is 0 Å². The van der Waals surface area contributed by atoms with Crippen molar-refractivity contribution in [2.24, 2.45) is 0 Å². The topological polar surface area (TPSA) is 128 Å². The van der Waals surface area contributed by atoms with Crippen molar-refractivity contribution >= 4 is 21.6 Å². The second-order valence-electron chi connectivity index (χ2n) is 5.52. The molecule has 2 aromatic carbocycles. The monoisotopic (exact) mass is 379 g/mol. The number of hydrogen-bond donors (Lipinski definition) is 2. The first-order valence-electron chi connectivity index (χ1n) is 7.43. The van der Waals surface area contributed by atoms with Crippen LogP contribution in [0.15, 0.2) is 47.4 Å². The highest BCUT2D eigenvalue weighted by atomic mass is 32.2. The van der Waals surface area contributed by atoms with Gasteiger partial charge >= 0.3 is 0 Å². The van der Waals surface area contributed by atoms with Crippen molar-refractivity contribution in [3.63, 3.8) is 0 Å². The van der Waals surface area contributed by atoms with Gasteiger partial charge in [0.25, 0.3) is 21.6 Å². The average molecular weight is 379 g/mol. The lowest BCUT2D eigenvalue weighted by Gasteiger charge is -2.10. The molecule has 2 aromatic rings. The third kappa shape index (κ3) is 5.26. The molecule has 10 heteroatoms. The Morgan fingerprint density at radius 1 is 1.12 bits per heavy atom. The summed E-state index contributed by atoms with van der Waals surface area (Å²) in [5.41, 5.74) is 3.72. The Balaban J connectivity index is 1.92. The Morgan fingerprint density at radius 3 is 2.23 bits per heavy atom. The molecule has 9 nitrogen and oxygen atoms in total. The maximum absolute atomic E-state index is 12.0. The summed E-state index contributed by atoms with van der Waals surface area (Å²) < 4.78 is 29.4. The van der Waals surface area contributed by atoms with E-state index in [0.717, 1.165) is 35.4 Å². The van der Waals surface area contributed by atoms with E-state index in [1.807, 2.05) is 30.2 Å². The van der Waals surface area contributed by atoms with Gasteiger partial charge in [0, 0.05) is 12.1 Å². The van der Waals surface area contributed by atoms with Crippen LogP contribution in [-0.2, 0) is 14.8 Å². The second kappa shape index (κ2) is 7.93. The van der Waals surface area contributed by atoms with E-state index < -0.39 is 20.9 Å². The smallest absolute Gasteiger partial charge is 0.272 e. The van der Waals surface area contributed by atoms with Crippen LogP contribution in [0.3, 0.4) is 0 Å². The summed E-state index contributed by atoms with van der Waals surface area (Å²) >= 11 is 0. The Kier molecular flexibility index (Phi) is 5.90. The van der Waals surface area contributed by atoms with E-state index in [2.05, 4.69) is 0 Å². The first kappa shape index (κ1) is 19.3. The summed E-state index contributed by atoms with van der Waals surface area (Å²) in [6.45, 7) is 3.39. The van der Waals surface area contributed by atoms with Crippen molar-refractivity contribution in [1.29, 1.82) is 0 Å². The summed E-state index contributed by atoms with van der Waals surface area (Å²) in [6, 6.07) is 9.70. The maximum atomic E-state index is 12.0. The third-order valence-electron chi connectivity index (χ3n) is 3.25. The molecule has 0 heterocycles. The van der Waals surface area contributed by atoms with Crippen LogP contribution in [0.2, 0.25) is 0 Å². The van der Waals surface area contributed by atoms with Crippen LogP contribution in [0.5, 0.6) is 5.75 Å². The Hall–Kier alpha value is -2.98.